The van der Waals surface area contributed by atoms with Crippen LogP contribution in [-0.2, 0) is 11.2 Å². The molecule has 0 radical (unpaired) electrons. The van der Waals surface area contributed by atoms with E-state index in [0.29, 0.717) is 0 Å². The monoisotopic (exact) mass is 229 g/mol. The Morgan fingerprint density at radius 1 is 1.18 bits per heavy atom. The van der Waals surface area contributed by atoms with Gasteiger partial charge in [0.1, 0.15) is 6.29 Å². The van der Waals surface area contributed by atoms with E-state index in [1.165, 1.54) is 42.7 Å². The van der Waals surface area contributed by atoms with Crippen molar-refractivity contribution in [2.24, 2.45) is 0 Å². The van der Waals surface area contributed by atoms with Crippen molar-refractivity contribution in [2.75, 3.05) is 18.0 Å². The molecule has 2 aliphatic rings. The molecule has 1 aliphatic carbocycles. The summed E-state index contributed by atoms with van der Waals surface area (Å²) in [6, 6.07) is 6.50. The average Bonchev–Trinajstić information content (AvgIpc) is 2.91. The molecule has 1 atom stereocenters. The number of hydrogen-bond donors (Lipinski definition) is 0. The molecule has 0 aromatic heterocycles. The van der Waals surface area contributed by atoms with Crippen LogP contribution in [0.15, 0.2) is 18.2 Å². The summed E-state index contributed by atoms with van der Waals surface area (Å²) in [7, 11) is 0. The summed E-state index contributed by atoms with van der Waals surface area (Å²) in [4.78, 5) is 13.6. The molecule has 1 heterocycles. The maximum Gasteiger partial charge on any atom is 0.127 e. The third kappa shape index (κ3) is 1.86. The van der Waals surface area contributed by atoms with Crippen molar-refractivity contribution >= 4 is 12.0 Å². The largest absolute Gasteiger partial charge is 0.371 e. The van der Waals surface area contributed by atoms with E-state index in [-0.39, 0.29) is 5.92 Å². The highest BCUT2D eigenvalue weighted by Crippen LogP contribution is 2.36. The van der Waals surface area contributed by atoms with Gasteiger partial charge in [0.15, 0.2) is 0 Å². The molecule has 90 valence electrons. The molecule has 1 fully saturated rings. The summed E-state index contributed by atoms with van der Waals surface area (Å²) in [6.07, 6.45) is 7.07. The van der Waals surface area contributed by atoms with E-state index in [2.05, 4.69) is 23.1 Å². The van der Waals surface area contributed by atoms with Gasteiger partial charge in [0, 0.05) is 24.7 Å². The SMILES string of the molecule is O=CC1CCCc2c1cccc2N1CCCC1. The molecular formula is C15H19NO. The number of hydrogen-bond acceptors (Lipinski definition) is 2. The molecule has 0 N–H and O–H groups in total. The van der Waals surface area contributed by atoms with Crippen LogP contribution in [0.1, 0.15) is 42.7 Å². The lowest BCUT2D eigenvalue weighted by Gasteiger charge is -2.28. The van der Waals surface area contributed by atoms with Crippen LogP contribution in [0, 0.1) is 0 Å². The Balaban J connectivity index is 2.02. The zero-order chi connectivity index (χ0) is 11.7. The Hall–Kier alpha value is -1.31. The predicted octanol–water partition coefficient (Wildman–Crippen LogP) is 2.91. The number of anilines is 1. The number of carbonyl (C=O) groups is 1. The van der Waals surface area contributed by atoms with Crippen LogP contribution < -0.4 is 4.90 Å². The Bertz CT molecular complexity index is 421. The van der Waals surface area contributed by atoms with Crippen LogP contribution in [0.3, 0.4) is 0 Å². The van der Waals surface area contributed by atoms with Crippen LogP contribution in [0.5, 0.6) is 0 Å². The highest BCUT2D eigenvalue weighted by Gasteiger charge is 2.24. The first-order valence-electron chi connectivity index (χ1n) is 6.72. The minimum Gasteiger partial charge on any atom is -0.371 e. The van der Waals surface area contributed by atoms with E-state index in [0.717, 1.165) is 25.5 Å². The Morgan fingerprint density at radius 2 is 2.00 bits per heavy atom. The second kappa shape index (κ2) is 4.52. The number of rotatable bonds is 2. The first-order valence-corrected chi connectivity index (χ1v) is 6.72. The van der Waals surface area contributed by atoms with Gasteiger partial charge < -0.3 is 9.69 Å². The Labute approximate surface area is 103 Å². The van der Waals surface area contributed by atoms with Gasteiger partial charge >= 0.3 is 0 Å². The summed E-state index contributed by atoms with van der Waals surface area (Å²) in [5, 5.41) is 0. The molecule has 2 nitrogen and oxygen atoms in total. The summed E-state index contributed by atoms with van der Waals surface area (Å²) in [5.74, 6) is 0.140. The first-order chi connectivity index (χ1) is 8.40. The summed E-state index contributed by atoms with van der Waals surface area (Å²) in [5.41, 5.74) is 4.12. The molecule has 1 aliphatic heterocycles. The number of nitrogens with zero attached hydrogens (tertiary/aromatic N) is 1. The maximum atomic E-state index is 11.1. The van der Waals surface area contributed by atoms with Crippen molar-refractivity contribution in [2.45, 2.75) is 38.0 Å². The van der Waals surface area contributed by atoms with Gasteiger partial charge in [-0.3, -0.25) is 0 Å². The van der Waals surface area contributed by atoms with Gasteiger partial charge in [0.25, 0.3) is 0 Å². The number of benzene rings is 1. The normalized spacial score (nSPS) is 23.5. The fraction of sp³-hybridized carbons (Fsp3) is 0.533. The van der Waals surface area contributed by atoms with Crippen molar-refractivity contribution < 1.29 is 4.79 Å². The van der Waals surface area contributed by atoms with Crippen molar-refractivity contribution in [1.29, 1.82) is 0 Å². The van der Waals surface area contributed by atoms with Crippen LogP contribution in [0.25, 0.3) is 0 Å². The van der Waals surface area contributed by atoms with Crippen molar-refractivity contribution in [1.82, 2.24) is 0 Å². The topological polar surface area (TPSA) is 20.3 Å². The molecule has 1 aromatic rings. The molecule has 2 heteroatoms. The lowest BCUT2D eigenvalue weighted by Crippen LogP contribution is -2.22. The minimum absolute atomic E-state index is 0.140. The van der Waals surface area contributed by atoms with E-state index in [4.69, 9.17) is 0 Å². The molecular weight excluding hydrogens is 210 g/mol. The van der Waals surface area contributed by atoms with Gasteiger partial charge in [-0.25, -0.2) is 0 Å². The Kier molecular flexibility index (Phi) is 2.87. The van der Waals surface area contributed by atoms with E-state index < -0.39 is 0 Å². The standard InChI is InChI=1S/C15H19NO/c17-11-12-5-3-7-14-13(12)6-4-8-15(14)16-9-1-2-10-16/h4,6,8,11-12H,1-3,5,7,9-10H2. The van der Waals surface area contributed by atoms with E-state index in [1.807, 2.05) is 0 Å². The Morgan fingerprint density at radius 3 is 2.76 bits per heavy atom. The van der Waals surface area contributed by atoms with Gasteiger partial charge in [-0.1, -0.05) is 12.1 Å². The van der Waals surface area contributed by atoms with Crippen LogP contribution in [-0.4, -0.2) is 19.4 Å². The van der Waals surface area contributed by atoms with Crippen molar-refractivity contribution in [3.8, 4) is 0 Å². The smallest absolute Gasteiger partial charge is 0.127 e. The molecule has 3 rings (SSSR count). The second-order valence-electron chi connectivity index (χ2n) is 5.17. The zero-order valence-electron chi connectivity index (χ0n) is 10.2. The van der Waals surface area contributed by atoms with Crippen LogP contribution in [0.2, 0.25) is 0 Å². The van der Waals surface area contributed by atoms with E-state index in [9.17, 15) is 4.79 Å². The summed E-state index contributed by atoms with van der Waals surface area (Å²) >= 11 is 0. The minimum atomic E-state index is 0.140. The number of aldehydes is 1. The van der Waals surface area contributed by atoms with Crippen LogP contribution >= 0.6 is 0 Å². The summed E-state index contributed by atoms with van der Waals surface area (Å²) < 4.78 is 0. The second-order valence-corrected chi connectivity index (χ2v) is 5.17. The third-order valence-corrected chi connectivity index (χ3v) is 4.14. The quantitative estimate of drug-likeness (QED) is 0.727. The molecule has 1 aromatic carbocycles. The lowest BCUT2D eigenvalue weighted by atomic mass is 9.82. The summed E-state index contributed by atoms with van der Waals surface area (Å²) in [6.45, 7) is 2.37. The van der Waals surface area contributed by atoms with Crippen molar-refractivity contribution in [3.05, 3.63) is 29.3 Å². The zero-order valence-corrected chi connectivity index (χ0v) is 10.2. The van der Waals surface area contributed by atoms with Gasteiger partial charge in [-0.05, 0) is 49.3 Å². The van der Waals surface area contributed by atoms with E-state index in [1.54, 1.807) is 0 Å². The first kappa shape index (κ1) is 10.8. The highest BCUT2D eigenvalue weighted by molar-refractivity contribution is 5.68. The van der Waals surface area contributed by atoms with Crippen LogP contribution in [0.4, 0.5) is 5.69 Å². The maximum absolute atomic E-state index is 11.1. The fourth-order valence-corrected chi connectivity index (χ4v) is 3.26. The molecule has 0 spiro atoms. The highest BCUT2D eigenvalue weighted by atomic mass is 16.1. The van der Waals surface area contributed by atoms with Gasteiger partial charge in [-0.15, -0.1) is 0 Å². The van der Waals surface area contributed by atoms with Crippen molar-refractivity contribution in [3.63, 3.8) is 0 Å². The molecule has 1 unspecified atom stereocenters. The van der Waals surface area contributed by atoms with Gasteiger partial charge in [0.05, 0.1) is 0 Å². The molecule has 17 heavy (non-hydrogen) atoms. The molecule has 0 saturated carbocycles. The molecule has 1 saturated heterocycles. The number of carbonyl (C=O) groups excluding carboxylic acids is 1. The molecule has 0 amide bonds. The number of fused-ring (bicyclic) bond motifs is 1. The molecule has 0 bridgehead atoms. The third-order valence-electron chi connectivity index (χ3n) is 4.14. The van der Waals surface area contributed by atoms with Gasteiger partial charge in [0.2, 0.25) is 0 Å². The van der Waals surface area contributed by atoms with E-state index >= 15 is 0 Å². The predicted molar refractivity (Wildman–Crippen MR) is 69.6 cm³/mol. The van der Waals surface area contributed by atoms with Gasteiger partial charge in [-0.2, -0.15) is 0 Å². The average molecular weight is 229 g/mol. The lowest BCUT2D eigenvalue weighted by molar-refractivity contribution is -0.109. The fourth-order valence-electron chi connectivity index (χ4n) is 3.26.